The first-order chi connectivity index (χ1) is 10.3. The third-order valence-electron chi connectivity index (χ3n) is 3.62. The first-order valence-electron chi connectivity index (χ1n) is 7.06. The van der Waals surface area contributed by atoms with Gasteiger partial charge < -0.3 is 5.11 Å². The van der Waals surface area contributed by atoms with Crippen LogP contribution < -0.4 is 0 Å². The molecule has 22 heavy (non-hydrogen) atoms. The highest BCUT2D eigenvalue weighted by Crippen LogP contribution is 2.30. The molecule has 0 fully saturated rings. The predicted molar refractivity (Wildman–Crippen MR) is 81.3 cm³/mol. The Balaban J connectivity index is 2.25. The maximum atomic E-state index is 10.7. The van der Waals surface area contributed by atoms with Crippen LogP contribution in [-0.4, -0.2) is 31.1 Å². The second kappa shape index (κ2) is 6.23. The van der Waals surface area contributed by atoms with Gasteiger partial charge >= 0.3 is 0 Å². The Morgan fingerprint density at radius 1 is 1.32 bits per heavy atom. The minimum Gasteiger partial charge on any atom is -0.390 e. The van der Waals surface area contributed by atoms with Gasteiger partial charge in [0, 0.05) is 18.3 Å². The van der Waals surface area contributed by atoms with Crippen molar-refractivity contribution in [1.29, 1.82) is 0 Å². The largest absolute Gasteiger partial charge is 0.390 e. The summed E-state index contributed by atoms with van der Waals surface area (Å²) in [5.74, 6) is 0. The molecule has 2 atom stereocenters. The standard InChI is InChI=1S/C15H20N4O3/c1-15(2,3)14(20)13(18-9-8-16-17-18)10-11-4-6-12(7-5-11)19(21)22/h4-9,13-14,20H,10H2,1-3H3. The molecular formula is C15H20N4O3. The van der Waals surface area contributed by atoms with Crippen molar-refractivity contribution in [2.45, 2.75) is 39.3 Å². The van der Waals surface area contributed by atoms with E-state index in [1.54, 1.807) is 29.2 Å². The molecule has 0 spiro atoms. The van der Waals surface area contributed by atoms with Gasteiger partial charge in [0.2, 0.25) is 0 Å². The van der Waals surface area contributed by atoms with E-state index in [0.29, 0.717) is 6.42 Å². The maximum Gasteiger partial charge on any atom is 0.269 e. The third kappa shape index (κ3) is 3.67. The number of nitro groups is 1. The average Bonchev–Trinajstić information content (AvgIpc) is 2.97. The summed E-state index contributed by atoms with van der Waals surface area (Å²) in [5, 5.41) is 29.1. The van der Waals surface area contributed by atoms with E-state index in [4.69, 9.17) is 0 Å². The van der Waals surface area contributed by atoms with Crippen LogP contribution in [0.1, 0.15) is 32.4 Å². The quantitative estimate of drug-likeness (QED) is 0.676. The van der Waals surface area contributed by atoms with Crippen molar-refractivity contribution in [3.05, 3.63) is 52.3 Å². The van der Waals surface area contributed by atoms with Crippen molar-refractivity contribution in [3.8, 4) is 0 Å². The summed E-state index contributed by atoms with van der Waals surface area (Å²) in [6.07, 6.45) is 3.16. The zero-order valence-corrected chi connectivity index (χ0v) is 12.9. The lowest BCUT2D eigenvalue weighted by Gasteiger charge is -2.33. The Bertz CT molecular complexity index is 617. The summed E-state index contributed by atoms with van der Waals surface area (Å²) in [5.41, 5.74) is 0.629. The lowest BCUT2D eigenvalue weighted by atomic mass is 9.82. The molecular weight excluding hydrogens is 284 g/mol. The number of nitro benzene ring substituents is 1. The summed E-state index contributed by atoms with van der Waals surface area (Å²) >= 11 is 0. The molecule has 1 heterocycles. The molecule has 1 N–H and O–H groups in total. The van der Waals surface area contributed by atoms with Crippen LogP contribution in [0.5, 0.6) is 0 Å². The van der Waals surface area contributed by atoms with Crippen LogP contribution in [-0.2, 0) is 6.42 Å². The summed E-state index contributed by atoms with van der Waals surface area (Å²) in [6.45, 7) is 5.87. The van der Waals surface area contributed by atoms with Crippen molar-refractivity contribution in [3.63, 3.8) is 0 Å². The second-order valence-electron chi connectivity index (χ2n) is 6.39. The van der Waals surface area contributed by atoms with Gasteiger partial charge in [0.25, 0.3) is 5.69 Å². The number of hydrogen-bond donors (Lipinski definition) is 1. The van der Waals surface area contributed by atoms with Gasteiger partial charge in [-0.1, -0.05) is 38.1 Å². The second-order valence-corrected chi connectivity index (χ2v) is 6.39. The highest BCUT2D eigenvalue weighted by atomic mass is 16.6. The smallest absolute Gasteiger partial charge is 0.269 e. The number of aliphatic hydroxyl groups is 1. The van der Waals surface area contributed by atoms with Gasteiger partial charge in [-0.2, -0.15) is 0 Å². The zero-order valence-electron chi connectivity index (χ0n) is 12.9. The Labute approximate surface area is 128 Å². The van der Waals surface area contributed by atoms with E-state index in [9.17, 15) is 15.2 Å². The molecule has 0 aliphatic carbocycles. The molecule has 0 saturated heterocycles. The molecule has 7 heteroatoms. The molecule has 7 nitrogen and oxygen atoms in total. The van der Waals surface area contributed by atoms with Crippen LogP contribution in [0.2, 0.25) is 0 Å². The Kier molecular flexibility index (Phi) is 4.56. The van der Waals surface area contributed by atoms with E-state index < -0.39 is 11.0 Å². The molecule has 0 bridgehead atoms. The Morgan fingerprint density at radius 3 is 2.41 bits per heavy atom. The van der Waals surface area contributed by atoms with Gasteiger partial charge in [-0.05, 0) is 17.4 Å². The number of rotatable bonds is 5. The van der Waals surface area contributed by atoms with Crippen molar-refractivity contribution in [2.24, 2.45) is 5.41 Å². The molecule has 118 valence electrons. The van der Waals surface area contributed by atoms with Gasteiger partial charge in [-0.15, -0.1) is 5.10 Å². The van der Waals surface area contributed by atoms with E-state index >= 15 is 0 Å². The summed E-state index contributed by atoms with van der Waals surface area (Å²) in [4.78, 5) is 10.3. The first-order valence-corrected chi connectivity index (χ1v) is 7.06. The number of nitrogens with zero attached hydrogens (tertiary/aromatic N) is 4. The van der Waals surface area contributed by atoms with Crippen molar-refractivity contribution in [1.82, 2.24) is 15.0 Å². The lowest BCUT2D eigenvalue weighted by Crippen LogP contribution is -2.37. The molecule has 0 aliphatic rings. The van der Waals surface area contributed by atoms with Gasteiger partial charge in [0.15, 0.2) is 0 Å². The van der Waals surface area contributed by atoms with Crippen LogP contribution in [0.4, 0.5) is 5.69 Å². The first kappa shape index (κ1) is 16.1. The third-order valence-corrected chi connectivity index (χ3v) is 3.62. The lowest BCUT2D eigenvalue weighted by molar-refractivity contribution is -0.384. The summed E-state index contributed by atoms with van der Waals surface area (Å²) < 4.78 is 1.64. The van der Waals surface area contributed by atoms with Gasteiger partial charge in [-0.3, -0.25) is 10.1 Å². The van der Waals surface area contributed by atoms with Gasteiger partial charge in [-0.25, -0.2) is 4.68 Å². The fourth-order valence-corrected chi connectivity index (χ4v) is 2.32. The summed E-state index contributed by atoms with van der Waals surface area (Å²) in [7, 11) is 0. The molecule has 1 aromatic heterocycles. The molecule has 0 amide bonds. The minimum absolute atomic E-state index is 0.0532. The fraction of sp³-hybridized carbons (Fsp3) is 0.467. The van der Waals surface area contributed by atoms with Crippen LogP contribution in [0.25, 0.3) is 0 Å². The minimum atomic E-state index is -0.635. The van der Waals surface area contributed by atoms with E-state index in [-0.39, 0.29) is 17.1 Å². The molecule has 1 aromatic carbocycles. The number of hydrogen-bond acceptors (Lipinski definition) is 5. The Morgan fingerprint density at radius 2 is 1.95 bits per heavy atom. The van der Waals surface area contributed by atoms with Crippen LogP contribution in [0, 0.1) is 15.5 Å². The number of aromatic nitrogens is 3. The SMILES string of the molecule is CC(C)(C)C(O)C(Cc1ccc([N+](=O)[O-])cc1)n1ccnn1. The molecule has 0 radical (unpaired) electrons. The van der Waals surface area contributed by atoms with Crippen molar-refractivity contribution >= 4 is 5.69 Å². The van der Waals surface area contributed by atoms with Crippen molar-refractivity contribution in [2.75, 3.05) is 0 Å². The normalized spacial score (nSPS) is 14.5. The molecule has 2 rings (SSSR count). The van der Waals surface area contributed by atoms with Crippen LogP contribution in [0.15, 0.2) is 36.7 Å². The van der Waals surface area contributed by atoms with Gasteiger partial charge in [0.05, 0.1) is 23.3 Å². The Hall–Kier alpha value is -2.28. The van der Waals surface area contributed by atoms with Gasteiger partial charge in [0.1, 0.15) is 0 Å². The zero-order chi connectivity index (χ0) is 16.3. The van der Waals surface area contributed by atoms with E-state index in [1.807, 2.05) is 20.8 Å². The molecule has 2 unspecified atom stereocenters. The number of benzene rings is 1. The van der Waals surface area contributed by atoms with E-state index in [1.165, 1.54) is 12.1 Å². The average molecular weight is 304 g/mol. The molecule has 2 aromatic rings. The topological polar surface area (TPSA) is 94.1 Å². The number of non-ortho nitro benzene ring substituents is 1. The molecule has 0 saturated carbocycles. The van der Waals surface area contributed by atoms with Crippen LogP contribution >= 0.6 is 0 Å². The highest BCUT2D eigenvalue weighted by molar-refractivity contribution is 5.33. The van der Waals surface area contributed by atoms with Crippen molar-refractivity contribution < 1.29 is 10.0 Å². The van der Waals surface area contributed by atoms with E-state index in [0.717, 1.165) is 5.56 Å². The monoisotopic (exact) mass is 304 g/mol. The highest BCUT2D eigenvalue weighted by Gasteiger charge is 2.32. The molecule has 0 aliphatic heterocycles. The summed E-state index contributed by atoms with van der Waals surface area (Å²) in [6, 6.07) is 6.06. The van der Waals surface area contributed by atoms with E-state index in [2.05, 4.69) is 10.3 Å². The maximum absolute atomic E-state index is 10.7. The number of aliphatic hydroxyl groups excluding tert-OH is 1. The fourth-order valence-electron chi connectivity index (χ4n) is 2.32. The van der Waals surface area contributed by atoms with Crippen LogP contribution in [0.3, 0.4) is 0 Å². The predicted octanol–water partition coefficient (Wildman–Crippen LogP) is 2.38.